The van der Waals surface area contributed by atoms with Crippen LogP contribution in [0.2, 0.25) is 0 Å². The average Bonchev–Trinajstić information content (AvgIpc) is 2.26. The summed E-state index contributed by atoms with van der Waals surface area (Å²) in [5.74, 6) is 1.08. The van der Waals surface area contributed by atoms with E-state index in [1.54, 1.807) is 0 Å². The zero-order valence-electron chi connectivity index (χ0n) is 10.0. The van der Waals surface area contributed by atoms with Gasteiger partial charge in [-0.25, -0.2) is 4.98 Å². The molecule has 0 unspecified atom stereocenters. The number of nitrogens with zero attached hydrogens (tertiary/aromatic N) is 3. The smallest absolute Gasteiger partial charge is 0.128 e. The predicted octanol–water partition coefficient (Wildman–Crippen LogP) is 2.37. The number of pyridine rings is 1. The van der Waals surface area contributed by atoms with Crippen molar-refractivity contribution in [2.75, 3.05) is 25.0 Å². The molecule has 0 spiro atoms. The van der Waals surface area contributed by atoms with Crippen molar-refractivity contribution in [2.45, 2.75) is 25.9 Å². The predicted molar refractivity (Wildman–Crippen MR) is 70.8 cm³/mol. The summed E-state index contributed by atoms with van der Waals surface area (Å²) in [6.07, 6.45) is 1.86. The van der Waals surface area contributed by atoms with Gasteiger partial charge in [-0.2, -0.15) is 0 Å². The molecule has 1 aliphatic rings. The average molecular weight is 284 g/mol. The molecule has 2 atom stereocenters. The van der Waals surface area contributed by atoms with Gasteiger partial charge in [0.15, 0.2) is 0 Å². The zero-order chi connectivity index (χ0) is 11.7. The molecule has 2 heterocycles. The summed E-state index contributed by atoms with van der Waals surface area (Å²) in [6.45, 7) is 6.63. The fourth-order valence-electron chi connectivity index (χ4n) is 2.15. The maximum atomic E-state index is 4.46. The van der Waals surface area contributed by atoms with Gasteiger partial charge in [0.1, 0.15) is 5.82 Å². The molecule has 0 aliphatic carbocycles. The second-order valence-corrected chi connectivity index (χ2v) is 5.52. The maximum Gasteiger partial charge on any atom is 0.128 e. The standard InChI is InChI=1S/C12H18BrN3/c1-9-7-16(8-10(2)15(9)3)12-5-4-11(13)6-14-12/h4-6,9-10H,7-8H2,1-3H3/t9-,10+. The molecule has 0 amide bonds. The summed E-state index contributed by atoms with van der Waals surface area (Å²) in [6, 6.07) is 5.29. The number of piperazine rings is 1. The lowest BCUT2D eigenvalue weighted by Gasteiger charge is -2.42. The highest BCUT2D eigenvalue weighted by Gasteiger charge is 2.26. The van der Waals surface area contributed by atoms with Gasteiger partial charge in [-0.1, -0.05) is 0 Å². The number of rotatable bonds is 1. The topological polar surface area (TPSA) is 19.4 Å². The van der Waals surface area contributed by atoms with Crippen LogP contribution in [0.3, 0.4) is 0 Å². The molecule has 0 radical (unpaired) electrons. The van der Waals surface area contributed by atoms with Crippen molar-refractivity contribution < 1.29 is 0 Å². The second kappa shape index (κ2) is 4.72. The number of anilines is 1. The van der Waals surface area contributed by atoms with E-state index in [0.29, 0.717) is 12.1 Å². The van der Waals surface area contributed by atoms with Gasteiger partial charge in [0.2, 0.25) is 0 Å². The van der Waals surface area contributed by atoms with Crippen molar-refractivity contribution in [2.24, 2.45) is 0 Å². The van der Waals surface area contributed by atoms with Gasteiger partial charge in [0.25, 0.3) is 0 Å². The van der Waals surface area contributed by atoms with Crippen LogP contribution >= 0.6 is 15.9 Å². The minimum absolute atomic E-state index is 0.578. The fraction of sp³-hybridized carbons (Fsp3) is 0.583. The molecule has 1 aromatic rings. The molecule has 0 bridgehead atoms. The van der Waals surface area contributed by atoms with Gasteiger partial charge in [0.05, 0.1) is 0 Å². The summed E-state index contributed by atoms with van der Waals surface area (Å²) in [5.41, 5.74) is 0. The molecule has 4 heteroatoms. The van der Waals surface area contributed by atoms with Crippen molar-refractivity contribution in [1.82, 2.24) is 9.88 Å². The zero-order valence-corrected chi connectivity index (χ0v) is 11.6. The first kappa shape index (κ1) is 11.9. The Labute approximate surface area is 106 Å². The van der Waals surface area contributed by atoms with Gasteiger partial charge >= 0.3 is 0 Å². The van der Waals surface area contributed by atoms with Crippen LogP contribution in [0.4, 0.5) is 5.82 Å². The highest BCUT2D eigenvalue weighted by Crippen LogP contribution is 2.20. The third-order valence-corrected chi connectivity index (χ3v) is 3.86. The first-order valence-electron chi connectivity index (χ1n) is 5.66. The van der Waals surface area contributed by atoms with Crippen molar-refractivity contribution in [3.63, 3.8) is 0 Å². The Hall–Kier alpha value is -0.610. The first-order chi connectivity index (χ1) is 7.58. The maximum absolute atomic E-state index is 4.46. The molecular weight excluding hydrogens is 266 g/mol. The van der Waals surface area contributed by atoms with E-state index >= 15 is 0 Å². The Morgan fingerprint density at radius 2 is 1.88 bits per heavy atom. The lowest BCUT2D eigenvalue weighted by Crippen LogP contribution is -2.55. The van der Waals surface area contributed by atoms with Crippen molar-refractivity contribution >= 4 is 21.7 Å². The molecule has 0 aromatic carbocycles. The minimum atomic E-state index is 0.578. The van der Waals surface area contributed by atoms with Gasteiger partial charge in [-0.15, -0.1) is 0 Å². The molecule has 1 aromatic heterocycles. The third kappa shape index (κ3) is 2.38. The van der Waals surface area contributed by atoms with Gasteiger partial charge in [0, 0.05) is 35.8 Å². The molecule has 1 saturated heterocycles. The number of hydrogen-bond acceptors (Lipinski definition) is 3. The number of aromatic nitrogens is 1. The van der Waals surface area contributed by atoms with Gasteiger partial charge < -0.3 is 4.90 Å². The number of halogens is 1. The molecule has 0 N–H and O–H groups in total. The van der Waals surface area contributed by atoms with Crippen LogP contribution in [0.1, 0.15) is 13.8 Å². The lowest BCUT2D eigenvalue weighted by atomic mass is 10.1. The van der Waals surface area contributed by atoms with Crippen LogP contribution in [0.25, 0.3) is 0 Å². The summed E-state index contributed by atoms with van der Waals surface area (Å²) in [4.78, 5) is 9.25. The molecule has 16 heavy (non-hydrogen) atoms. The van der Waals surface area contributed by atoms with Crippen LogP contribution in [0, 0.1) is 0 Å². The lowest BCUT2D eigenvalue weighted by molar-refractivity contribution is 0.169. The molecule has 0 saturated carbocycles. The minimum Gasteiger partial charge on any atom is -0.354 e. The van der Waals surface area contributed by atoms with E-state index < -0.39 is 0 Å². The Balaban J connectivity index is 2.13. The van der Waals surface area contributed by atoms with Crippen molar-refractivity contribution in [3.8, 4) is 0 Å². The fourth-order valence-corrected chi connectivity index (χ4v) is 2.38. The second-order valence-electron chi connectivity index (χ2n) is 4.60. The van der Waals surface area contributed by atoms with E-state index in [0.717, 1.165) is 23.4 Å². The van der Waals surface area contributed by atoms with Gasteiger partial charge in [-0.05, 0) is 49.0 Å². The molecule has 1 aliphatic heterocycles. The highest BCUT2D eigenvalue weighted by molar-refractivity contribution is 9.10. The van der Waals surface area contributed by atoms with Gasteiger partial charge in [-0.3, -0.25) is 4.90 Å². The Bertz CT molecular complexity index is 340. The molecular formula is C12H18BrN3. The largest absolute Gasteiger partial charge is 0.354 e. The summed E-state index contributed by atoms with van der Waals surface area (Å²) >= 11 is 3.41. The normalized spacial score (nSPS) is 27.1. The van der Waals surface area contributed by atoms with E-state index in [9.17, 15) is 0 Å². The Morgan fingerprint density at radius 3 is 2.38 bits per heavy atom. The van der Waals surface area contributed by atoms with Crippen molar-refractivity contribution in [3.05, 3.63) is 22.8 Å². The molecule has 3 nitrogen and oxygen atoms in total. The quantitative estimate of drug-likeness (QED) is 0.789. The van der Waals surface area contributed by atoms with Crippen LogP contribution in [0.15, 0.2) is 22.8 Å². The Morgan fingerprint density at radius 1 is 1.25 bits per heavy atom. The summed E-state index contributed by atoms with van der Waals surface area (Å²) in [7, 11) is 2.20. The number of likely N-dealkylation sites (N-methyl/N-ethyl adjacent to an activating group) is 1. The Kier molecular flexibility index (Phi) is 3.50. The van der Waals surface area contributed by atoms with E-state index in [2.05, 4.69) is 63.7 Å². The molecule has 1 fully saturated rings. The SMILES string of the molecule is C[C@@H]1CN(c2ccc(Br)cn2)C[C@H](C)N1C. The van der Waals surface area contributed by atoms with Crippen LogP contribution in [-0.2, 0) is 0 Å². The summed E-state index contributed by atoms with van der Waals surface area (Å²) < 4.78 is 1.03. The van der Waals surface area contributed by atoms with Crippen LogP contribution in [0.5, 0.6) is 0 Å². The van der Waals surface area contributed by atoms with E-state index in [1.807, 2.05) is 6.20 Å². The first-order valence-corrected chi connectivity index (χ1v) is 6.45. The van der Waals surface area contributed by atoms with Crippen LogP contribution < -0.4 is 4.90 Å². The highest BCUT2D eigenvalue weighted by atomic mass is 79.9. The molecule has 88 valence electrons. The van der Waals surface area contributed by atoms with Crippen molar-refractivity contribution in [1.29, 1.82) is 0 Å². The van der Waals surface area contributed by atoms with E-state index in [4.69, 9.17) is 0 Å². The monoisotopic (exact) mass is 283 g/mol. The number of hydrogen-bond donors (Lipinski definition) is 0. The van der Waals surface area contributed by atoms with E-state index in [-0.39, 0.29) is 0 Å². The third-order valence-electron chi connectivity index (χ3n) is 3.40. The molecule has 2 rings (SSSR count). The summed E-state index contributed by atoms with van der Waals surface area (Å²) in [5, 5.41) is 0. The van der Waals surface area contributed by atoms with E-state index in [1.165, 1.54) is 0 Å². The van der Waals surface area contributed by atoms with Crippen LogP contribution in [-0.4, -0.2) is 42.1 Å².